The minimum absolute atomic E-state index is 0.00193. The summed E-state index contributed by atoms with van der Waals surface area (Å²) in [5.74, 6) is -2.22. The molecule has 0 aliphatic heterocycles. The predicted molar refractivity (Wildman–Crippen MR) is 162 cm³/mol. The van der Waals surface area contributed by atoms with Gasteiger partial charge in [-0.05, 0) is 70.2 Å². The molecular formula is C31H39ClF2N4O5. The van der Waals surface area contributed by atoms with Crippen LogP contribution in [0.4, 0.5) is 14.5 Å². The molecule has 0 saturated heterocycles. The normalized spacial score (nSPS) is 18.2. The Bertz CT molecular complexity index is 1340. The molecule has 1 fully saturated rings. The maximum Gasteiger partial charge on any atom is 0.308 e. The number of amides is 2. The molecule has 43 heavy (non-hydrogen) atoms. The lowest BCUT2D eigenvalue weighted by atomic mass is 9.87. The van der Waals surface area contributed by atoms with E-state index in [4.69, 9.17) is 21.1 Å². The third-order valence-electron chi connectivity index (χ3n) is 7.39. The van der Waals surface area contributed by atoms with Gasteiger partial charge in [0.2, 0.25) is 5.91 Å². The molecule has 1 aromatic carbocycles. The molecule has 2 unspecified atom stereocenters. The van der Waals surface area contributed by atoms with E-state index in [1.54, 1.807) is 26.0 Å². The van der Waals surface area contributed by atoms with Crippen LogP contribution in [0.3, 0.4) is 0 Å². The molecule has 2 amide bonds. The fourth-order valence-electron chi connectivity index (χ4n) is 5.09. The van der Waals surface area contributed by atoms with Crippen molar-refractivity contribution < 1.29 is 32.6 Å². The molecule has 2 N–H and O–H groups in total. The van der Waals surface area contributed by atoms with Gasteiger partial charge in [0.05, 0.1) is 61.1 Å². The van der Waals surface area contributed by atoms with E-state index in [1.807, 2.05) is 0 Å². The van der Waals surface area contributed by atoms with Crippen molar-refractivity contribution in [1.82, 2.24) is 15.1 Å². The smallest absolute Gasteiger partial charge is 0.308 e. The third kappa shape index (κ3) is 8.96. The maximum atomic E-state index is 15.2. The summed E-state index contributed by atoms with van der Waals surface area (Å²) in [6.07, 6.45) is 5.86. The predicted octanol–water partition coefficient (Wildman–Crippen LogP) is 6.00. The van der Waals surface area contributed by atoms with Gasteiger partial charge in [-0.3, -0.25) is 19.5 Å². The quantitative estimate of drug-likeness (QED) is 0.266. The summed E-state index contributed by atoms with van der Waals surface area (Å²) in [6, 6.07) is 1.83. The average Bonchev–Trinajstić information content (AvgIpc) is 3.39. The summed E-state index contributed by atoms with van der Waals surface area (Å²) in [6.45, 7) is 8.54. The molecule has 2 aromatic rings. The van der Waals surface area contributed by atoms with Crippen LogP contribution < -0.4 is 5.32 Å². The summed E-state index contributed by atoms with van der Waals surface area (Å²) >= 11 is 6.38. The third-order valence-corrected chi connectivity index (χ3v) is 7.71. The van der Waals surface area contributed by atoms with E-state index in [2.05, 4.69) is 22.1 Å². The molecule has 9 nitrogen and oxygen atoms in total. The number of nitrogens with zero attached hydrogens (tertiary/aromatic N) is 2. The number of aromatic nitrogens is 2. The fourth-order valence-corrected chi connectivity index (χ4v) is 5.32. The largest absolute Gasteiger partial charge is 0.469 e. The molecule has 0 bridgehead atoms. The number of anilines is 1. The second-order valence-corrected chi connectivity index (χ2v) is 11.1. The van der Waals surface area contributed by atoms with E-state index in [1.165, 1.54) is 31.1 Å². The number of allylic oxidation sites excluding steroid dienone is 1. The highest BCUT2D eigenvalue weighted by Crippen LogP contribution is 2.29. The van der Waals surface area contributed by atoms with Crippen molar-refractivity contribution in [3.05, 3.63) is 58.1 Å². The molecular weight excluding hydrogens is 582 g/mol. The Morgan fingerprint density at radius 3 is 2.56 bits per heavy atom. The lowest BCUT2D eigenvalue weighted by molar-refractivity contribution is -0.148. The molecule has 1 saturated carbocycles. The van der Waals surface area contributed by atoms with E-state index in [-0.39, 0.29) is 59.5 Å². The van der Waals surface area contributed by atoms with Crippen LogP contribution in [-0.2, 0) is 25.5 Å². The van der Waals surface area contributed by atoms with Crippen LogP contribution in [-0.4, -0.2) is 71.5 Å². The number of benzene rings is 1. The van der Waals surface area contributed by atoms with Crippen LogP contribution in [0.25, 0.3) is 12.2 Å². The summed E-state index contributed by atoms with van der Waals surface area (Å²) in [4.78, 5) is 39.3. The molecule has 12 heteroatoms. The molecule has 234 valence electrons. The second-order valence-electron chi connectivity index (χ2n) is 10.7. The first-order valence-electron chi connectivity index (χ1n) is 14.2. The number of H-pyrrole nitrogens is 1. The monoisotopic (exact) mass is 620 g/mol. The zero-order chi connectivity index (χ0) is 31.7. The van der Waals surface area contributed by atoms with Gasteiger partial charge in [0.15, 0.2) is 5.69 Å². The minimum Gasteiger partial charge on any atom is -0.469 e. The van der Waals surface area contributed by atoms with E-state index in [0.29, 0.717) is 36.9 Å². The van der Waals surface area contributed by atoms with Crippen molar-refractivity contribution in [2.45, 2.75) is 71.2 Å². The number of halogens is 3. The Labute approximate surface area is 255 Å². The lowest BCUT2D eigenvalue weighted by Gasteiger charge is -2.33. The summed E-state index contributed by atoms with van der Waals surface area (Å²) < 4.78 is 40.1. The molecule has 1 heterocycles. The van der Waals surface area contributed by atoms with Gasteiger partial charge >= 0.3 is 5.97 Å². The number of alkyl halides is 1. The number of ether oxygens (including phenoxy) is 2. The maximum absolute atomic E-state index is 15.2. The number of nitrogens with one attached hydrogen (secondary N) is 2. The highest BCUT2D eigenvalue weighted by atomic mass is 35.5. The van der Waals surface area contributed by atoms with Crippen molar-refractivity contribution in [3.63, 3.8) is 0 Å². The molecule has 1 aromatic heterocycles. The van der Waals surface area contributed by atoms with E-state index in [9.17, 15) is 18.8 Å². The summed E-state index contributed by atoms with van der Waals surface area (Å²) in [5, 5.41) is 9.33. The number of methoxy groups -OCH3 is 1. The van der Waals surface area contributed by atoms with Crippen molar-refractivity contribution >= 4 is 47.2 Å². The lowest BCUT2D eigenvalue weighted by Crippen LogP contribution is -2.45. The first-order chi connectivity index (χ1) is 20.5. The van der Waals surface area contributed by atoms with Gasteiger partial charge in [0.25, 0.3) is 5.91 Å². The Hall–Kier alpha value is -3.57. The van der Waals surface area contributed by atoms with Crippen molar-refractivity contribution in [2.75, 3.05) is 25.6 Å². The van der Waals surface area contributed by atoms with Gasteiger partial charge < -0.3 is 19.7 Å². The number of hydrogen-bond donors (Lipinski definition) is 2. The average molecular weight is 621 g/mol. The Morgan fingerprint density at radius 2 is 1.95 bits per heavy atom. The number of aromatic amines is 1. The zero-order valence-corrected chi connectivity index (χ0v) is 25.7. The van der Waals surface area contributed by atoms with E-state index in [0.717, 1.165) is 6.07 Å². The molecule has 0 spiro atoms. The summed E-state index contributed by atoms with van der Waals surface area (Å²) in [7, 11) is 1.37. The Balaban J connectivity index is 1.66. The van der Waals surface area contributed by atoms with Crippen molar-refractivity contribution in [3.8, 4) is 0 Å². The number of rotatable bonds is 13. The van der Waals surface area contributed by atoms with Crippen LogP contribution in [0.2, 0.25) is 5.02 Å². The SMILES string of the molecule is C=Cc1[nH]nc(C(=O)Nc2cc(F)c(CC(=O)N(CC(C)F)C(C)COC3CCC(C(=O)OC)CC3)cc2Cl)c1/C=C\C. The standard InChI is InChI=1S/C31H39ClF2N4O5/c1-6-8-23-26(7-2)36-37-29(23)30(40)35-27-15-25(34)21(13-24(27)32)14-28(39)38(16-18(3)33)19(4)17-43-22-11-9-20(10-12-22)31(41)42-5/h6-8,13,15,18-20,22H,2,9-12,14,16-17H2,1,3-5H3,(H,35,40)(H,36,37)/b8-6-. The van der Waals surface area contributed by atoms with Gasteiger partial charge in [-0.15, -0.1) is 0 Å². The topological polar surface area (TPSA) is 114 Å². The van der Waals surface area contributed by atoms with Crippen LogP contribution in [0, 0.1) is 11.7 Å². The number of carbonyl (C=O) groups is 3. The number of esters is 1. The van der Waals surface area contributed by atoms with Crippen molar-refractivity contribution in [1.29, 1.82) is 0 Å². The highest BCUT2D eigenvalue weighted by molar-refractivity contribution is 6.34. The zero-order valence-electron chi connectivity index (χ0n) is 24.9. The van der Waals surface area contributed by atoms with Crippen LogP contribution in [0.5, 0.6) is 0 Å². The van der Waals surface area contributed by atoms with Gasteiger partial charge in [0, 0.05) is 5.56 Å². The fraction of sp³-hybridized carbons (Fsp3) is 0.484. The Kier molecular flexibility index (Phi) is 12.4. The van der Waals surface area contributed by atoms with Gasteiger partial charge in [0.1, 0.15) is 12.0 Å². The minimum atomic E-state index is -1.32. The van der Waals surface area contributed by atoms with Gasteiger partial charge in [-0.25, -0.2) is 8.78 Å². The first kappa shape index (κ1) is 33.9. The van der Waals surface area contributed by atoms with Gasteiger partial charge in [-0.1, -0.05) is 30.3 Å². The van der Waals surface area contributed by atoms with Crippen LogP contribution in [0.1, 0.15) is 73.8 Å². The summed E-state index contributed by atoms with van der Waals surface area (Å²) in [5.41, 5.74) is 1.15. The molecule has 1 aliphatic rings. The molecule has 3 rings (SSSR count). The molecule has 0 radical (unpaired) electrons. The second kappa shape index (κ2) is 15.8. The first-order valence-corrected chi connectivity index (χ1v) is 14.6. The van der Waals surface area contributed by atoms with E-state index >= 15 is 4.39 Å². The van der Waals surface area contributed by atoms with Crippen LogP contribution in [0.15, 0.2) is 24.8 Å². The van der Waals surface area contributed by atoms with Gasteiger partial charge in [-0.2, -0.15) is 5.10 Å². The Morgan fingerprint density at radius 1 is 1.26 bits per heavy atom. The highest BCUT2D eigenvalue weighted by Gasteiger charge is 2.29. The van der Waals surface area contributed by atoms with E-state index < -0.39 is 29.8 Å². The molecule has 1 aliphatic carbocycles. The van der Waals surface area contributed by atoms with Crippen molar-refractivity contribution in [2.24, 2.45) is 5.92 Å². The van der Waals surface area contributed by atoms with Crippen LogP contribution >= 0.6 is 11.6 Å². The molecule has 2 atom stereocenters. The number of hydrogen-bond acceptors (Lipinski definition) is 6. The number of carbonyl (C=O) groups excluding carboxylic acids is 3.